The summed E-state index contributed by atoms with van der Waals surface area (Å²) in [4.78, 5) is 18.2. The monoisotopic (exact) mass is 278 g/mol. The zero-order valence-corrected chi connectivity index (χ0v) is 11.7. The van der Waals surface area contributed by atoms with Crippen LogP contribution in [0.1, 0.15) is 12.5 Å². The van der Waals surface area contributed by atoms with Crippen molar-refractivity contribution in [3.05, 3.63) is 42.1 Å². The Hall–Kier alpha value is -1.55. The van der Waals surface area contributed by atoms with E-state index in [-0.39, 0.29) is 12.0 Å². The zero-order chi connectivity index (χ0) is 13.9. The maximum absolute atomic E-state index is 11.9. The summed E-state index contributed by atoms with van der Waals surface area (Å²) < 4.78 is 16.8. The quantitative estimate of drug-likeness (QED) is 0.869. The van der Waals surface area contributed by atoms with E-state index in [4.69, 9.17) is 4.52 Å². The van der Waals surface area contributed by atoms with Gasteiger partial charge in [-0.15, -0.1) is 0 Å². The number of nitrogens with zero attached hydrogens (tertiary/aromatic N) is 2. The van der Waals surface area contributed by atoms with Gasteiger partial charge in [-0.3, -0.25) is 9.55 Å². The van der Waals surface area contributed by atoms with Crippen LogP contribution in [0.15, 0.2) is 36.5 Å². The molecule has 1 unspecified atom stereocenters. The fourth-order valence-corrected chi connectivity index (χ4v) is 2.57. The van der Waals surface area contributed by atoms with Gasteiger partial charge in [-0.1, -0.05) is 12.1 Å². The fraction of sp³-hybridized carbons (Fsp3) is 0.231. The Kier molecular flexibility index (Phi) is 4.10. The van der Waals surface area contributed by atoms with E-state index < -0.39 is 7.60 Å². The van der Waals surface area contributed by atoms with Crippen molar-refractivity contribution in [1.82, 2.24) is 9.97 Å². The lowest BCUT2D eigenvalue weighted by atomic mass is 10.2. The van der Waals surface area contributed by atoms with Crippen molar-refractivity contribution in [3.63, 3.8) is 0 Å². The number of pyridine rings is 2. The number of hydrogen-bond donors (Lipinski definition) is 1. The highest BCUT2D eigenvalue weighted by molar-refractivity contribution is 7.60. The fourth-order valence-electron chi connectivity index (χ4n) is 1.58. The molecule has 100 valence electrons. The molecule has 2 rings (SSSR count). The molecular weight excluding hydrogens is 263 g/mol. The van der Waals surface area contributed by atoms with E-state index in [1.165, 1.54) is 6.07 Å². The van der Waals surface area contributed by atoms with E-state index in [0.717, 1.165) is 5.56 Å². The summed E-state index contributed by atoms with van der Waals surface area (Å²) in [6.07, 6.45) is 1.73. The summed E-state index contributed by atoms with van der Waals surface area (Å²) in [7, 11) is -3.84. The van der Waals surface area contributed by atoms with Gasteiger partial charge in [0.15, 0.2) is 5.44 Å². The first kappa shape index (κ1) is 13.9. The van der Waals surface area contributed by atoms with E-state index in [1.807, 2.05) is 19.1 Å². The molecule has 0 bridgehead atoms. The Bertz CT molecular complexity index is 614. The molecule has 2 heterocycles. The Balaban J connectivity index is 2.39. The van der Waals surface area contributed by atoms with Crippen LogP contribution in [0.25, 0.3) is 11.4 Å². The lowest BCUT2D eigenvalue weighted by Gasteiger charge is -2.10. The molecule has 0 saturated heterocycles. The highest BCUT2D eigenvalue weighted by Crippen LogP contribution is 2.39. The smallest absolute Gasteiger partial charge is 0.320 e. The molecule has 0 spiro atoms. The molecule has 2 aromatic rings. The first-order valence-corrected chi connectivity index (χ1v) is 7.48. The average molecular weight is 278 g/mol. The van der Waals surface area contributed by atoms with Gasteiger partial charge in [-0.25, -0.2) is 4.98 Å². The molecule has 0 aliphatic heterocycles. The summed E-state index contributed by atoms with van der Waals surface area (Å²) in [6, 6.07) is 8.63. The van der Waals surface area contributed by atoms with Crippen LogP contribution in [0.5, 0.6) is 0 Å². The van der Waals surface area contributed by atoms with E-state index in [1.54, 1.807) is 25.3 Å². The largest absolute Gasteiger partial charge is 0.376 e. The van der Waals surface area contributed by atoms with Gasteiger partial charge >= 0.3 is 7.60 Å². The van der Waals surface area contributed by atoms with Crippen molar-refractivity contribution in [1.29, 1.82) is 0 Å². The van der Waals surface area contributed by atoms with E-state index >= 15 is 0 Å². The van der Waals surface area contributed by atoms with Gasteiger partial charge in [0.25, 0.3) is 0 Å². The van der Waals surface area contributed by atoms with Crippen LogP contribution in [0.2, 0.25) is 0 Å². The van der Waals surface area contributed by atoms with Gasteiger partial charge in [-0.2, -0.15) is 0 Å². The second-order valence-electron chi connectivity index (χ2n) is 4.04. The third-order valence-corrected chi connectivity index (χ3v) is 3.94. The summed E-state index contributed by atoms with van der Waals surface area (Å²) in [5, 5.41) is 0. The Labute approximate surface area is 111 Å². The highest BCUT2D eigenvalue weighted by atomic mass is 31.2. The molecule has 0 aromatic carbocycles. The van der Waals surface area contributed by atoms with Gasteiger partial charge in [-0.05, 0) is 37.6 Å². The molecule has 0 saturated carbocycles. The van der Waals surface area contributed by atoms with Crippen LogP contribution in [0, 0.1) is 6.92 Å². The van der Waals surface area contributed by atoms with Crippen LogP contribution < -0.4 is 5.44 Å². The minimum Gasteiger partial charge on any atom is -0.320 e. The van der Waals surface area contributed by atoms with Crippen LogP contribution in [0.3, 0.4) is 0 Å². The second-order valence-corrected chi connectivity index (χ2v) is 5.80. The molecular formula is C13H15N2O3P. The molecule has 6 heteroatoms. The van der Waals surface area contributed by atoms with E-state index in [0.29, 0.717) is 11.4 Å². The van der Waals surface area contributed by atoms with Gasteiger partial charge in [0, 0.05) is 6.20 Å². The second kappa shape index (κ2) is 5.61. The minimum atomic E-state index is -3.84. The van der Waals surface area contributed by atoms with E-state index in [9.17, 15) is 9.46 Å². The molecule has 0 aliphatic rings. The summed E-state index contributed by atoms with van der Waals surface area (Å²) in [6.45, 7) is 3.76. The number of aryl methyl sites for hydroxylation is 1. The minimum absolute atomic E-state index is 0.0363. The van der Waals surface area contributed by atoms with Crippen molar-refractivity contribution in [3.8, 4) is 11.4 Å². The molecule has 1 atom stereocenters. The summed E-state index contributed by atoms with van der Waals surface area (Å²) in [5.74, 6) is 0. The average Bonchev–Trinajstić information content (AvgIpc) is 2.40. The van der Waals surface area contributed by atoms with Crippen LogP contribution in [-0.2, 0) is 9.09 Å². The molecule has 0 amide bonds. The van der Waals surface area contributed by atoms with Gasteiger partial charge in [0.05, 0.1) is 18.0 Å². The topological polar surface area (TPSA) is 72.3 Å². The third-order valence-electron chi connectivity index (χ3n) is 2.50. The predicted molar refractivity (Wildman–Crippen MR) is 73.3 cm³/mol. The highest BCUT2D eigenvalue weighted by Gasteiger charge is 2.24. The van der Waals surface area contributed by atoms with Gasteiger partial charge in [0.1, 0.15) is 0 Å². The number of rotatable bonds is 4. The first-order valence-electron chi connectivity index (χ1n) is 5.91. The lowest BCUT2D eigenvalue weighted by Crippen LogP contribution is -2.12. The van der Waals surface area contributed by atoms with Crippen molar-refractivity contribution < 1.29 is 14.0 Å². The predicted octanol–water partition coefficient (Wildman–Crippen LogP) is 2.30. The van der Waals surface area contributed by atoms with Crippen molar-refractivity contribution in [2.75, 3.05) is 6.61 Å². The number of aromatic nitrogens is 2. The number of hydrogen-bond acceptors (Lipinski definition) is 4. The lowest BCUT2D eigenvalue weighted by molar-refractivity contribution is 0.283. The van der Waals surface area contributed by atoms with Crippen LogP contribution >= 0.6 is 7.60 Å². The van der Waals surface area contributed by atoms with Crippen molar-refractivity contribution >= 4 is 13.0 Å². The zero-order valence-electron chi connectivity index (χ0n) is 10.8. The maximum atomic E-state index is 11.9. The van der Waals surface area contributed by atoms with Crippen LogP contribution in [0.4, 0.5) is 0 Å². The molecule has 0 fully saturated rings. The van der Waals surface area contributed by atoms with Gasteiger partial charge in [0.2, 0.25) is 0 Å². The van der Waals surface area contributed by atoms with E-state index in [2.05, 4.69) is 9.97 Å². The van der Waals surface area contributed by atoms with Gasteiger partial charge < -0.3 is 9.42 Å². The molecule has 0 radical (unpaired) electrons. The van der Waals surface area contributed by atoms with Crippen molar-refractivity contribution in [2.45, 2.75) is 13.8 Å². The molecule has 2 aromatic heterocycles. The molecule has 19 heavy (non-hydrogen) atoms. The maximum Gasteiger partial charge on any atom is 0.376 e. The Morgan fingerprint density at radius 1 is 1.26 bits per heavy atom. The standard InChI is InChI=1S/C13H15N2O3P/c1-3-18-19(16,17)13-6-4-5-12(15-13)11-8-7-10(2)9-14-11/h4-9H,3H2,1-2H3,(H,16,17). The summed E-state index contributed by atoms with van der Waals surface area (Å²) >= 11 is 0. The molecule has 0 aliphatic carbocycles. The van der Waals surface area contributed by atoms with Crippen molar-refractivity contribution in [2.24, 2.45) is 0 Å². The Morgan fingerprint density at radius 2 is 2.05 bits per heavy atom. The molecule has 1 N–H and O–H groups in total. The normalized spacial score (nSPS) is 14.1. The first-order chi connectivity index (χ1) is 9.03. The molecule has 5 nitrogen and oxygen atoms in total. The third kappa shape index (κ3) is 3.26. The SMILES string of the molecule is CCOP(=O)(O)c1cccc(-c2ccc(C)cn2)n1. The van der Waals surface area contributed by atoms with Crippen LogP contribution in [-0.4, -0.2) is 21.5 Å². The summed E-state index contributed by atoms with van der Waals surface area (Å²) in [5.41, 5.74) is 2.28. The Morgan fingerprint density at radius 3 is 2.68 bits per heavy atom.